The molecule has 0 amide bonds. The molecule has 1 heterocycles. The summed E-state index contributed by atoms with van der Waals surface area (Å²) in [7, 11) is 0. The maximum atomic E-state index is 10.6. The zero-order valence-corrected chi connectivity index (χ0v) is 9.65. The van der Waals surface area contributed by atoms with Crippen LogP contribution in [0.15, 0.2) is 29.4 Å². The largest absolute Gasteiger partial charge is 0.409 e. The molecular weight excluding hydrogens is 238 g/mol. The van der Waals surface area contributed by atoms with Gasteiger partial charge in [0.15, 0.2) is 5.84 Å². The Morgan fingerprint density at radius 1 is 1.33 bits per heavy atom. The van der Waals surface area contributed by atoms with Gasteiger partial charge in [0.1, 0.15) is 0 Å². The molecule has 0 bridgehead atoms. The molecule has 2 rings (SSSR count). The van der Waals surface area contributed by atoms with E-state index in [2.05, 4.69) is 5.16 Å². The number of hydrogen-bond acceptors (Lipinski definition) is 5. The lowest BCUT2D eigenvalue weighted by molar-refractivity contribution is -0.384. The van der Waals surface area contributed by atoms with Crippen molar-refractivity contribution >= 4 is 11.5 Å². The third-order valence-corrected chi connectivity index (χ3v) is 2.74. The van der Waals surface area contributed by atoms with E-state index in [0.717, 1.165) is 0 Å². The molecule has 1 N–H and O–H groups in total. The van der Waals surface area contributed by atoms with Crippen molar-refractivity contribution in [2.75, 3.05) is 26.3 Å². The Balaban J connectivity index is 2.19. The molecule has 96 valence electrons. The molecule has 0 atom stereocenters. The van der Waals surface area contributed by atoms with Crippen LogP contribution in [0, 0.1) is 10.1 Å². The standard InChI is InChI=1S/C11H13N3O4/c15-12-11(13-5-7-18-8-6-13)9-1-3-10(4-2-9)14(16)17/h1-4,15H,5-8H2. The number of rotatable bonds is 2. The van der Waals surface area contributed by atoms with Crippen LogP contribution in [0.25, 0.3) is 0 Å². The van der Waals surface area contributed by atoms with Gasteiger partial charge in [-0.2, -0.15) is 0 Å². The summed E-state index contributed by atoms with van der Waals surface area (Å²) in [6.07, 6.45) is 0. The van der Waals surface area contributed by atoms with E-state index < -0.39 is 4.92 Å². The van der Waals surface area contributed by atoms with E-state index >= 15 is 0 Å². The van der Waals surface area contributed by atoms with Gasteiger partial charge in [-0.1, -0.05) is 5.16 Å². The van der Waals surface area contributed by atoms with Crippen molar-refractivity contribution in [1.82, 2.24) is 4.90 Å². The van der Waals surface area contributed by atoms with E-state index in [1.165, 1.54) is 12.1 Å². The zero-order chi connectivity index (χ0) is 13.0. The fraction of sp³-hybridized carbons (Fsp3) is 0.364. The number of hydrogen-bond donors (Lipinski definition) is 1. The summed E-state index contributed by atoms with van der Waals surface area (Å²) in [6, 6.07) is 5.92. The molecule has 1 aliphatic heterocycles. The predicted octanol–water partition coefficient (Wildman–Crippen LogP) is 1.06. The van der Waals surface area contributed by atoms with Gasteiger partial charge in [0.25, 0.3) is 5.69 Å². The third-order valence-electron chi connectivity index (χ3n) is 2.74. The molecule has 18 heavy (non-hydrogen) atoms. The molecule has 1 aliphatic rings. The summed E-state index contributed by atoms with van der Waals surface area (Å²) < 4.78 is 5.21. The fourth-order valence-electron chi connectivity index (χ4n) is 1.81. The van der Waals surface area contributed by atoms with Crippen LogP contribution in [0.5, 0.6) is 0 Å². The van der Waals surface area contributed by atoms with E-state index in [0.29, 0.717) is 37.7 Å². The second-order valence-electron chi connectivity index (χ2n) is 3.83. The van der Waals surface area contributed by atoms with Crippen molar-refractivity contribution in [2.45, 2.75) is 0 Å². The van der Waals surface area contributed by atoms with Crippen molar-refractivity contribution in [3.05, 3.63) is 39.9 Å². The topological polar surface area (TPSA) is 88.2 Å². The summed E-state index contributed by atoms with van der Waals surface area (Å²) in [5.41, 5.74) is 0.656. The lowest BCUT2D eigenvalue weighted by Gasteiger charge is -2.28. The summed E-state index contributed by atoms with van der Waals surface area (Å²) in [5.74, 6) is 0.410. The lowest BCUT2D eigenvalue weighted by Crippen LogP contribution is -2.41. The highest BCUT2D eigenvalue weighted by Crippen LogP contribution is 2.14. The number of ether oxygens (including phenoxy) is 1. The Morgan fingerprint density at radius 2 is 1.94 bits per heavy atom. The van der Waals surface area contributed by atoms with Crippen molar-refractivity contribution in [3.63, 3.8) is 0 Å². The first-order valence-corrected chi connectivity index (χ1v) is 5.52. The second kappa shape index (κ2) is 5.46. The molecule has 0 unspecified atom stereocenters. The van der Waals surface area contributed by atoms with Crippen LogP contribution in [0.1, 0.15) is 5.56 Å². The minimum Gasteiger partial charge on any atom is -0.409 e. The maximum absolute atomic E-state index is 10.6. The number of benzene rings is 1. The Kier molecular flexibility index (Phi) is 3.73. The molecule has 0 aliphatic carbocycles. The Morgan fingerprint density at radius 3 is 2.44 bits per heavy atom. The molecule has 1 aromatic carbocycles. The van der Waals surface area contributed by atoms with Gasteiger partial charge in [0.05, 0.1) is 18.1 Å². The SMILES string of the molecule is O=[N+]([O-])c1ccc(C(=NO)N2CCOCC2)cc1. The molecular formula is C11H13N3O4. The minimum atomic E-state index is -0.464. The van der Waals surface area contributed by atoms with Crippen LogP contribution in [0.3, 0.4) is 0 Å². The van der Waals surface area contributed by atoms with Crippen LogP contribution in [0.2, 0.25) is 0 Å². The van der Waals surface area contributed by atoms with E-state index in [4.69, 9.17) is 9.94 Å². The molecule has 0 aromatic heterocycles. The summed E-state index contributed by atoms with van der Waals surface area (Å²) in [4.78, 5) is 12.0. The Bertz CT molecular complexity index is 452. The fourth-order valence-corrected chi connectivity index (χ4v) is 1.81. The van der Waals surface area contributed by atoms with E-state index in [-0.39, 0.29) is 5.69 Å². The monoisotopic (exact) mass is 251 g/mol. The maximum Gasteiger partial charge on any atom is 0.269 e. The van der Waals surface area contributed by atoms with Crippen molar-refractivity contribution in [2.24, 2.45) is 5.16 Å². The van der Waals surface area contributed by atoms with Crippen molar-refractivity contribution < 1.29 is 14.9 Å². The number of amidine groups is 1. The zero-order valence-electron chi connectivity index (χ0n) is 9.65. The normalized spacial score (nSPS) is 16.7. The number of oxime groups is 1. The van der Waals surface area contributed by atoms with Crippen molar-refractivity contribution in [3.8, 4) is 0 Å². The van der Waals surface area contributed by atoms with Gasteiger partial charge in [-0.3, -0.25) is 10.1 Å². The van der Waals surface area contributed by atoms with Crippen LogP contribution in [-0.2, 0) is 4.74 Å². The van der Waals surface area contributed by atoms with Crippen molar-refractivity contribution in [1.29, 1.82) is 0 Å². The molecule has 7 nitrogen and oxygen atoms in total. The van der Waals surface area contributed by atoms with E-state index in [1.54, 1.807) is 12.1 Å². The van der Waals surface area contributed by atoms with Gasteiger partial charge < -0.3 is 14.8 Å². The van der Waals surface area contributed by atoms with Gasteiger partial charge in [-0.25, -0.2) is 0 Å². The first-order chi connectivity index (χ1) is 8.72. The quantitative estimate of drug-likeness (QED) is 0.279. The average Bonchev–Trinajstić information content (AvgIpc) is 2.41. The van der Waals surface area contributed by atoms with Gasteiger partial charge in [-0.05, 0) is 12.1 Å². The van der Waals surface area contributed by atoms with E-state index in [1.807, 2.05) is 4.90 Å². The Labute approximate surface area is 103 Å². The van der Waals surface area contributed by atoms with Gasteiger partial charge in [-0.15, -0.1) is 0 Å². The number of nitro groups is 1. The average molecular weight is 251 g/mol. The van der Waals surface area contributed by atoms with Crippen LogP contribution in [0.4, 0.5) is 5.69 Å². The number of nitro benzene ring substituents is 1. The van der Waals surface area contributed by atoms with Crippen LogP contribution >= 0.6 is 0 Å². The highest BCUT2D eigenvalue weighted by Gasteiger charge is 2.18. The third kappa shape index (κ3) is 2.57. The molecule has 0 saturated carbocycles. The minimum absolute atomic E-state index is 0.0121. The molecule has 0 spiro atoms. The number of morpholine rings is 1. The first kappa shape index (κ1) is 12.3. The summed E-state index contributed by atoms with van der Waals surface area (Å²) >= 11 is 0. The summed E-state index contributed by atoms with van der Waals surface area (Å²) in [6.45, 7) is 2.42. The molecule has 7 heteroatoms. The lowest BCUT2D eigenvalue weighted by atomic mass is 10.1. The molecule has 0 radical (unpaired) electrons. The highest BCUT2D eigenvalue weighted by molar-refractivity contribution is 5.98. The molecule has 1 fully saturated rings. The smallest absolute Gasteiger partial charge is 0.269 e. The van der Waals surface area contributed by atoms with Crippen LogP contribution < -0.4 is 0 Å². The van der Waals surface area contributed by atoms with Crippen LogP contribution in [-0.4, -0.2) is 47.2 Å². The first-order valence-electron chi connectivity index (χ1n) is 5.52. The second-order valence-corrected chi connectivity index (χ2v) is 3.83. The Hall–Kier alpha value is -2.15. The highest BCUT2D eigenvalue weighted by atomic mass is 16.6. The number of non-ortho nitro benzene ring substituents is 1. The van der Waals surface area contributed by atoms with E-state index in [9.17, 15) is 10.1 Å². The molecule has 1 aromatic rings. The van der Waals surface area contributed by atoms with Gasteiger partial charge in [0.2, 0.25) is 0 Å². The van der Waals surface area contributed by atoms with Gasteiger partial charge in [0, 0.05) is 30.8 Å². The number of nitrogens with zero attached hydrogens (tertiary/aromatic N) is 3. The van der Waals surface area contributed by atoms with Gasteiger partial charge >= 0.3 is 0 Å². The molecule has 1 saturated heterocycles. The predicted molar refractivity (Wildman–Crippen MR) is 63.8 cm³/mol. The summed E-state index contributed by atoms with van der Waals surface area (Å²) in [5, 5.41) is 22.9.